The Morgan fingerprint density at radius 1 is 1.44 bits per heavy atom. The topological polar surface area (TPSA) is 60.2 Å². The lowest BCUT2D eigenvalue weighted by Crippen LogP contribution is -2.18. The maximum atomic E-state index is 13.1. The van der Waals surface area contributed by atoms with Crippen LogP contribution in [0.3, 0.4) is 0 Å². The largest absolute Gasteiger partial charge is 0.365 e. The molecule has 0 bridgehead atoms. The van der Waals surface area contributed by atoms with Crippen molar-refractivity contribution in [1.29, 1.82) is 0 Å². The zero-order valence-electron chi connectivity index (χ0n) is 8.46. The highest BCUT2D eigenvalue weighted by Crippen LogP contribution is 2.17. The molecule has 0 spiro atoms. The molecule has 5 heteroatoms. The lowest BCUT2D eigenvalue weighted by atomic mass is 10.1. The van der Waals surface area contributed by atoms with Gasteiger partial charge in [-0.3, -0.25) is 9.59 Å². The lowest BCUT2D eigenvalue weighted by Gasteiger charge is -2.00. The summed E-state index contributed by atoms with van der Waals surface area (Å²) in [4.78, 5) is 22.0. The van der Waals surface area contributed by atoms with Crippen LogP contribution in [0.4, 0.5) is 4.39 Å². The number of nitrogens with two attached hydrogens (primary N) is 1. The summed E-state index contributed by atoms with van der Waals surface area (Å²) in [7, 11) is 0. The first-order chi connectivity index (χ1) is 7.41. The fraction of sp³-hybridized carbons (Fsp3) is 0.0909. The summed E-state index contributed by atoms with van der Waals surface area (Å²) >= 11 is 5.49. The smallest absolute Gasteiger partial charge is 0.252 e. The molecular weight excluding hydrogens is 233 g/mol. The molecule has 1 aromatic carbocycles. The van der Waals surface area contributed by atoms with Crippen LogP contribution in [0.2, 0.25) is 5.02 Å². The van der Waals surface area contributed by atoms with Crippen LogP contribution in [-0.2, 0) is 9.59 Å². The van der Waals surface area contributed by atoms with E-state index in [0.717, 1.165) is 6.07 Å². The Hall–Kier alpha value is -1.68. The van der Waals surface area contributed by atoms with Crippen molar-refractivity contribution < 1.29 is 14.0 Å². The Balaban J connectivity index is 3.18. The van der Waals surface area contributed by atoms with E-state index in [2.05, 4.69) is 0 Å². The van der Waals surface area contributed by atoms with Gasteiger partial charge in [-0.1, -0.05) is 17.7 Å². The van der Waals surface area contributed by atoms with Crippen molar-refractivity contribution in [2.75, 3.05) is 0 Å². The molecule has 0 aliphatic rings. The quantitative estimate of drug-likeness (QED) is 0.499. The molecule has 0 atom stereocenters. The van der Waals surface area contributed by atoms with Crippen molar-refractivity contribution in [3.63, 3.8) is 0 Å². The molecule has 2 N–H and O–H groups in total. The van der Waals surface area contributed by atoms with Crippen LogP contribution in [0.15, 0.2) is 23.8 Å². The molecule has 1 aromatic rings. The van der Waals surface area contributed by atoms with Crippen LogP contribution in [0.5, 0.6) is 0 Å². The first-order valence-electron chi connectivity index (χ1n) is 4.39. The normalized spacial score (nSPS) is 11.3. The van der Waals surface area contributed by atoms with Gasteiger partial charge in [-0.05, 0) is 30.7 Å². The molecule has 0 aliphatic heterocycles. The van der Waals surface area contributed by atoms with Gasteiger partial charge in [-0.15, -0.1) is 0 Å². The molecule has 0 unspecified atom stereocenters. The van der Waals surface area contributed by atoms with E-state index in [-0.39, 0.29) is 10.6 Å². The van der Waals surface area contributed by atoms with Crippen molar-refractivity contribution in [3.8, 4) is 0 Å². The second kappa shape index (κ2) is 4.90. The molecule has 1 rings (SSSR count). The van der Waals surface area contributed by atoms with E-state index in [0.29, 0.717) is 5.56 Å². The molecule has 0 radical (unpaired) electrons. The van der Waals surface area contributed by atoms with Crippen LogP contribution in [-0.4, -0.2) is 11.7 Å². The number of carbonyl (C=O) groups is 2. The Labute approximate surface area is 96.7 Å². The average Bonchev–Trinajstić information content (AvgIpc) is 2.18. The number of halogens is 2. The second-order valence-electron chi connectivity index (χ2n) is 3.15. The molecule has 0 aliphatic carbocycles. The maximum absolute atomic E-state index is 13.1. The maximum Gasteiger partial charge on any atom is 0.252 e. The number of ketones is 1. The van der Waals surface area contributed by atoms with Gasteiger partial charge in [0.1, 0.15) is 5.82 Å². The molecule has 0 saturated heterocycles. The number of hydrogen-bond donors (Lipinski definition) is 1. The minimum Gasteiger partial charge on any atom is -0.365 e. The highest BCUT2D eigenvalue weighted by Gasteiger charge is 2.10. The Kier molecular flexibility index (Phi) is 3.79. The van der Waals surface area contributed by atoms with Gasteiger partial charge in [0.25, 0.3) is 5.91 Å². The van der Waals surface area contributed by atoms with E-state index >= 15 is 0 Å². The van der Waals surface area contributed by atoms with Gasteiger partial charge in [0.15, 0.2) is 5.78 Å². The summed E-state index contributed by atoms with van der Waals surface area (Å²) in [5.41, 5.74) is 5.18. The summed E-state index contributed by atoms with van der Waals surface area (Å²) in [5.74, 6) is -1.94. The van der Waals surface area contributed by atoms with Crippen molar-refractivity contribution >= 4 is 29.4 Å². The van der Waals surface area contributed by atoms with Crippen LogP contribution in [0.25, 0.3) is 6.08 Å². The van der Waals surface area contributed by atoms with Gasteiger partial charge >= 0.3 is 0 Å². The van der Waals surface area contributed by atoms with Crippen molar-refractivity contribution in [1.82, 2.24) is 0 Å². The minimum absolute atomic E-state index is 0.0272. The third-order valence-electron chi connectivity index (χ3n) is 1.90. The number of benzene rings is 1. The predicted molar refractivity (Wildman–Crippen MR) is 59.3 cm³/mol. The lowest BCUT2D eigenvalue weighted by molar-refractivity contribution is -0.119. The predicted octanol–water partition coefficient (Wildman–Crippen LogP) is 1.94. The first-order valence-corrected chi connectivity index (χ1v) is 4.77. The monoisotopic (exact) mass is 241 g/mol. The van der Waals surface area contributed by atoms with Crippen molar-refractivity contribution in [2.45, 2.75) is 6.92 Å². The molecule has 0 saturated carbocycles. The van der Waals surface area contributed by atoms with E-state index in [1.54, 1.807) is 0 Å². The number of rotatable bonds is 3. The summed E-state index contributed by atoms with van der Waals surface area (Å²) in [5, 5.41) is -0.0272. The van der Waals surface area contributed by atoms with Crippen LogP contribution < -0.4 is 5.73 Å². The highest BCUT2D eigenvalue weighted by molar-refractivity contribution is 6.30. The van der Waals surface area contributed by atoms with Crippen molar-refractivity contribution in [2.24, 2.45) is 5.73 Å². The Morgan fingerprint density at radius 3 is 2.50 bits per heavy atom. The number of Topliss-reactive ketones (excluding diaryl/α,β-unsaturated/α-hetero) is 1. The number of carbonyl (C=O) groups excluding carboxylic acids is 2. The fourth-order valence-corrected chi connectivity index (χ4v) is 1.23. The van der Waals surface area contributed by atoms with Crippen LogP contribution >= 0.6 is 11.6 Å². The van der Waals surface area contributed by atoms with Gasteiger partial charge in [0.05, 0.1) is 10.6 Å². The molecule has 0 heterocycles. The Bertz CT molecular complexity index is 467. The molecule has 0 fully saturated rings. The highest BCUT2D eigenvalue weighted by atomic mass is 35.5. The van der Waals surface area contributed by atoms with E-state index in [1.807, 2.05) is 0 Å². The summed E-state index contributed by atoms with van der Waals surface area (Å²) < 4.78 is 13.1. The van der Waals surface area contributed by atoms with E-state index < -0.39 is 17.5 Å². The zero-order chi connectivity index (χ0) is 12.3. The molecule has 1 amide bonds. The van der Waals surface area contributed by atoms with E-state index in [1.165, 1.54) is 25.1 Å². The molecule has 84 valence electrons. The van der Waals surface area contributed by atoms with Crippen molar-refractivity contribution in [3.05, 3.63) is 40.2 Å². The fourth-order valence-electron chi connectivity index (χ4n) is 1.12. The average molecular weight is 242 g/mol. The number of primary amides is 1. The Morgan fingerprint density at radius 2 is 2.06 bits per heavy atom. The third-order valence-corrected chi connectivity index (χ3v) is 2.21. The minimum atomic E-state index is -0.845. The SMILES string of the molecule is CC(=O)/C(=C/c1ccc(Cl)c(F)c1)C(N)=O. The number of hydrogen-bond acceptors (Lipinski definition) is 2. The second-order valence-corrected chi connectivity index (χ2v) is 3.56. The third kappa shape index (κ3) is 2.90. The molecule has 16 heavy (non-hydrogen) atoms. The van der Waals surface area contributed by atoms with Gasteiger partial charge in [-0.2, -0.15) is 0 Å². The zero-order valence-corrected chi connectivity index (χ0v) is 9.22. The van der Waals surface area contributed by atoms with E-state index in [4.69, 9.17) is 17.3 Å². The van der Waals surface area contributed by atoms with E-state index in [9.17, 15) is 14.0 Å². The first kappa shape index (κ1) is 12.4. The summed E-state index contributed by atoms with van der Waals surface area (Å²) in [6, 6.07) is 3.94. The number of amides is 1. The van der Waals surface area contributed by atoms with Gasteiger partial charge in [0.2, 0.25) is 0 Å². The van der Waals surface area contributed by atoms with Gasteiger partial charge in [0, 0.05) is 0 Å². The summed E-state index contributed by atoms with van der Waals surface area (Å²) in [6.07, 6.45) is 1.23. The van der Waals surface area contributed by atoms with Crippen LogP contribution in [0.1, 0.15) is 12.5 Å². The van der Waals surface area contributed by atoms with Gasteiger partial charge in [-0.25, -0.2) is 4.39 Å². The summed E-state index contributed by atoms with van der Waals surface area (Å²) in [6.45, 7) is 1.21. The van der Waals surface area contributed by atoms with Gasteiger partial charge < -0.3 is 5.73 Å². The molecular formula is C11H9ClFNO2. The standard InChI is InChI=1S/C11H9ClFNO2/c1-6(15)8(11(14)16)4-7-2-3-9(12)10(13)5-7/h2-5H,1H3,(H2,14,16)/b8-4-. The van der Waals surface area contributed by atoms with Crippen LogP contribution in [0, 0.1) is 5.82 Å². The molecule has 0 aromatic heterocycles. The molecule has 3 nitrogen and oxygen atoms in total.